The van der Waals surface area contributed by atoms with Gasteiger partial charge in [-0.15, -0.1) is 0 Å². The highest BCUT2D eigenvalue weighted by Gasteiger charge is 2.36. The average Bonchev–Trinajstić information content (AvgIpc) is 2.10. The van der Waals surface area contributed by atoms with Crippen LogP contribution >= 0.6 is 0 Å². The Kier molecular flexibility index (Phi) is 3.13. The third kappa shape index (κ3) is 2.11. The van der Waals surface area contributed by atoms with Gasteiger partial charge in [-0.05, 0) is 19.8 Å². The van der Waals surface area contributed by atoms with Crippen LogP contribution in [0.25, 0.3) is 0 Å². The number of hydrogen-bond donors (Lipinski definition) is 0. The van der Waals surface area contributed by atoms with E-state index < -0.39 is 5.54 Å². The number of rotatable bonds is 2. The van der Waals surface area contributed by atoms with Crippen molar-refractivity contribution in [3.63, 3.8) is 0 Å². The lowest BCUT2D eigenvalue weighted by atomic mass is 9.80. The summed E-state index contributed by atoms with van der Waals surface area (Å²) >= 11 is 0. The van der Waals surface area contributed by atoms with Crippen LogP contribution in [-0.2, 0) is 9.59 Å². The summed E-state index contributed by atoms with van der Waals surface area (Å²) in [6, 6.07) is -0.194. The fourth-order valence-electron chi connectivity index (χ4n) is 1.80. The van der Waals surface area contributed by atoms with Crippen molar-refractivity contribution in [2.75, 3.05) is 0 Å². The molecule has 4 nitrogen and oxygen atoms in total. The van der Waals surface area contributed by atoms with Crippen LogP contribution < -0.4 is 0 Å². The molecule has 1 fully saturated rings. The Morgan fingerprint density at radius 2 is 2.08 bits per heavy atom. The van der Waals surface area contributed by atoms with Crippen molar-refractivity contribution in [3.8, 4) is 0 Å². The molecule has 0 aliphatic heterocycles. The number of hydrogen-bond acceptors (Lipinski definition) is 4. The molecular weight excluding hydrogens is 168 g/mol. The second-order valence-corrected chi connectivity index (χ2v) is 3.54. The molecule has 0 spiro atoms. The first-order chi connectivity index (χ1) is 6.23. The zero-order chi connectivity index (χ0) is 9.73. The number of nitrogens with zero attached hydrogens (tertiary/aromatic N) is 2. The predicted octanol–water partition coefficient (Wildman–Crippen LogP) is 1.36. The summed E-state index contributed by atoms with van der Waals surface area (Å²) in [6.45, 7) is 1.84. The molecule has 13 heavy (non-hydrogen) atoms. The highest BCUT2D eigenvalue weighted by molar-refractivity contribution is 5.37. The van der Waals surface area contributed by atoms with Crippen molar-refractivity contribution in [1.29, 1.82) is 0 Å². The van der Waals surface area contributed by atoms with Gasteiger partial charge in [-0.3, -0.25) is 0 Å². The first-order valence-electron chi connectivity index (χ1n) is 4.39. The second kappa shape index (κ2) is 4.13. The van der Waals surface area contributed by atoms with Crippen molar-refractivity contribution in [2.24, 2.45) is 9.98 Å². The Labute approximate surface area is 76.8 Å². The van der Waals surface area contributed by atoms with Gasteiger partial charge in [0, 0.05) is 0 Å². The molecule has 0 saturated heterocycles. The van der Waals surface area contributed by atoms with E-state index in [0.29, 0.717) is 0 Å². The van der Waals surface area contributed by atoms with Crippen LogP contribution in [0, 0.1) is 0 Å². The number of carbonyl (C=O) groups excluding carboxylic acids is 2. The van der Waals surface area contributed by atoms with Gasteiger partial charge in [0.2, 0.25) is 12.2 Å². The van der Waals surface area contributed by atoms with Crippen LogP contribution in [0.15, 0.2) is 9.98 Å². The van der Waals surface area contributed by atoms with Crippen LogP contribution in [0.4, 0.5) is 0 Å². The SMILES string of the molecule is CC1(N=C=O)CCCCC1N=C=O. The topological polar surface area (TPSA) is 58.9 Å². The molecule has 0 aromatic carbocycles. The predicted molar refractivity (Wildman–Crippen MR) is 46.9 cm³/mol. The lowest BCUT2D eigenvalue weighted by Crippen LogP contribution is -2.39. The fourth-order valence-corrected chi connectivity index (χ4v) is 1.80. The van der Waals surface area contributed by atoms with E-state index in [1.807, 2.05) is 6.92 Å². The molecule has 0 radical (unpaired) electrons. The lowest BCUT2D eigenvalue weighted by Gasteiger charge is -2.33. The van der Waals surface area contributed by atoms with Gasteiger partial charge in [-0.1, -0.05) is 12.8 Å². The van der Waals surface area contributed by atoms with Gasteiger partial charge in [0.1, 0.15) is 0 Å². The van der Waals surface area contributed by atoms with Crippen LogP contribution in [0.1, 0.15) is 32.6 Å². The second-order valence-electron chi connectivity index (χ2n) is 3.54. The van der Waals surface area contributed by atoms with Gasteiger partial charge in [0.25, 0.3) is 0 Å². The maximum Gasteiger partial charge on any atom is 0.235 e. The molecule has 0 heterocycles. The smallest absolute Gasteiger partial charge is 0.211 e. The molecule has 1 aliphatic carbocycles. The minimum atomic E-state index is -0.530. The summed E-state index contributed by atoms with van der Waals surface area (Å²) in [4.78, 5) is 27.7. The van der Waals surface area contributed by atoms with Gasteiger partial charge in [0.05, 0.1) is 11.6 Å². The minimum Gasteiger partial charge on any atom is -0.211 e. The Balaban J connectivity index is 2.88. The highest BCUT2D eigenvalue weighted by atomic mass is 16.1. The average molecular weight is 180 g/mol. The van der Waals surface area contributed by atoms with Crippen molar-refractivity contribution >= 4 is 12.2 Å². The number of isocyanates is 2. The lowest BCUT2D eigenvalue weighted by molar-refractivity contribution is 0.278. The summed E-state index contributed by atoms with van der Waals surface area (Å²) in [5, 5.41) is 0. The molecule has 0 aromatic heterocycles. The van der Waals surface area contributed by atoms with Gasteiger partial charge in [-0.25, -0.2) is 9.59 Å². The molecule has 2 unspecified atom stereocenters. The maximum atomic E-state index is 10.2. The van der Waals surface area contributed by atoms with Crippen molar-refractivity contribution in [1.82, 2.24) is 0 Å². The third-order valence-corrected chi connectivity index (χ3v) is 2.64. The van der Waals surface area contributed by atoms with Crippen molar-refractivity contribution in [3.05, 3.63) is 0 Å². The molecule has 1 rings (SSSR count). The highest BCUT2D eigenvalue weighted by Crippen LogP contribution is 2.33. The zero-order valence-corrected chi connectivity index (χ0v) is 7.62. The van der Waals surface area contributed by atoms with Crippen LogP contribution in [-0.4, -0.2) is 23.7 Å². The van der Waals surface area contributed by atoms with Crippen LogP contribution in [0.3, 0.4) is 0 Å². The third-order valence-electron chi connectivity index (χ3n) is 2.64. The molecule has 0 N–H and O–H groups in total. The molecule has 70 valence electrons. The summed E-state index contributed by atoms with van der Waals surface area (Å²) in [7, 11) is 0. The van der Waals surface area contributed by atoms with Gasteiger partial charge < -0.3 is 0 Å². The number of aliphatic imine (C=N–C) groups is 2. The first kappa shape index (κ1) is 9.85. The van der Waals surface area contributed by atoms with E-state index in [2.05, 4.69) is 9.98 Å². The van der Waals surface area contributed by atoms with Gasteiger partial charge >= 0.3 is 0 Å². The molecule has 0 amide bonds. The van der Waals surface area contributed by atoms with E-state index in [-0.39, 0.29) is 6.04 Å². The van der Waals surface area contributed by atoms with Gasteiger partial charge in [-0.2, -0.15) is 9.98 Å². The monoisotopic (exact) mass is 180 g/mol. The summed E-state index contributed by atoms with van der Waals surface area (Å²) in [5.41, 5.74) is -0.530. The fraction of sp³-hybridized carbons (Fsp3) is 0.778. The van der Waals surface area contributed by atoms with E-state index in [1.54, 1.807) is 6.08 Å². The van der Waals surface area contributed by atoms with Crippen molar-refractivity contribution in [2.45, 2.75) is 44.2 Å². The molecule has 4 heteroatoms. The van der Waals surface area contributed by atoms with E-state index in [1.165, 1.54) is 6.08 Å². The largest absolute Gasteiger partial charge is 0.235 e. The zero-order valence-electron chi connectivity index (χ0n) is 7.62. The minimum absolute atomic E-state index is 0.194. The Hall–Kier alpha value is -1.24. The molecule has 0 bridgehead atoms. The molecule has 1 saturated carbocycles. The normalized spacial score (nSPS) is 32.8. The van der Waals surface area contributed by atoms with E-state index >= 15 is 0 Å². The van der Waals surface area contributed by atoms with Crippen molar-refractivity contribution < 1.29 is 9.59 Å². The molecular formula is C9H12N2O2. The van der Waals surface area contributed by atoms with Crippen LogP contribution in [0.2, 0.25) is 0 Å². The Morgan fingerprint density at radius 1 is 1.31 bits per heavy atom. The standard InChI is InChI=1S/C9H12N2O2/c1-9(11-7-13)5-3-2-4-8(9)10-6-12/h8H,2-5H2,1H3. The maximum absolute atomic E-state index is 10.2. The van der Waals surface area contributed by atoms with E-state index in [4.69, 9.17) is 0 Å². The Morgan fingerprint density at radius 3 is 2.69 bits per heavy atom. The summed E-state index contributed by atoms with van der Waals surface area (Å²) in [6.07, 6.45) is 6.73. The summed E-state index contributed by atoms with van der Waals surface area (Å²) < 4.78 is 0. The Bertz CT molecular complexity index is 277. The van der Waals surface area contributed by atoms with Gasteiger partial charge in [0.15, 0.2) is 0 Å². The molecule has 0 aromatic rings. The quantitative estimate of drug-likeness (QED) is 0.476. The molecule has 1 aliphatic rings. The van der Waals surface area contributed by atoms with Crippen LogP contribution in [0.5, 0.6) is 0 Å². The first-order valence-corrected chi connectivity index (χ1v) is 4.39. The van der Waals surface area contributed by atoms with E-state index in [9.17, 15) is 9.59 Å². The molecule has 2 atom stereocenters. The summed E-state index contributed by atoms with van der Waals surface area (Å²) in [5.74, 6) is 0. The van der Waals surface area contributed by atoms with E-state index in [0.717, 1.165) is 25.7 Å².